The molecular weight excluding hydrogens is 364 g/mol. The predicted molar refractivity (Wildman–Crippen MR) is 105 cm³/mol. The van der Waals surface area contributed by atoms with Crippen molar-refractivity contribution in [1.82, 2.24) is 20.2 Å². The molecule has 0 spiro atoms. The summed E-state index contributed by atoms with van der Waals surface area (Å²) in [5.74, 6) is -0.416. The second-order valence-electron chi connectivity index (χ2n) is 6.14. The van der Waals surface area contributed by atoms with Crippen molar-refractivity contribution in [1.29, 1.82) is 0 Å². The van der Waals surface area contributed by atoms with Gasteiger partial charge < -0.3 is 10.6 Å². The van der Waals surface area contributed by atoms with Crippen molar-refractivity contribution >= 4 is 33.4 Å². The van der Waals surface area contributed by atoms with Gasteiger partial charge in [0.15, 0.2) is 0 Å². The number of carbonyl (C=O) groups excluding carboxylic acids is 2. The van der Waals surface area contributed by atoms with E-state index in [0.29, 0.717) is 40.3 Å². The average molecular weight is 384 g/mol. The summed E-state index contributed by atoms with van der Waals surface area (Å²) in [6.45, 7) is 4.28. The number of amides is 2. The second-order valence-corrected chi connectivity index (χ2v) is 7.14. The molecule has 0 fully saturated rings. The van der Waals surface area contributed by atoms with Gasteiger partial charge in [-0.25, -0.2) is 4.98 Å². The Labute approximate surface area is 160 Å². The number of nitrogens with one attached hydrogen (secondary N) is 2. The van der Waals surface area contributed by atoms with E-state index in [1.807, 2.05) is 30.3 Å². The molecule has 7 nitrogen and oxygen atoms in total. The molecule has 27 heavy (non-hydrogen) atoms. The average Bonchev–Trinajstić information content (AvgIpc) is 2.99. The van der Waals surface area contributed by atoms with E-state index in [9.17, 15) is 14.4 Å². The summed E-state index contributed by atoms with van der Waals surface area (Å²) >= 11 is 1.20. The Balaban J connectivity index is 1.84. The first-order valence-corrected chi connectivity index (χ1v) is 9.34. The van der Waals surface area contributed by atoms with Crippen molar-refractivity contribution in [3.8, 4) is 0 Å². The van der Waals surface area contributed by atoms with Gasteiger partial charge in [0, 0.05) is 20.0 Å². The topological polar surface area (TPSA) is 93.1 Å². The smallest absolute Gasteiger partial charge is 0.262 e. The maximum atomic E-state index is 12.9. The summed E-state index contributed by atoms with van der Waals surface area (Å²) in [5, 5.41) is 5.84. The van der Waals surface area contributed by atoms with Crippen LogP contribution in [0, 0.1) is 6.92 Å². The number of aryl methyl sites for hydroxylation is 1. The minimum Gasteiger partial charge on any atom is -0.355 e. The fraction of sp³-hybridized carbons (Fsp3) is 0.263. The predicted octanol–water partition coefficient (Wildman–Crippen LogP) is 1.68. The van der Waals surface area contributed by atoms with E-state index in [1.165, 1.54) is 24.6 Å². The van der Waals surface area contributed by atoms with E-state index in [2.05, 4.69) is 15.6 Å². The van der Waals surface area contributed by atoms with Crippen LogP contribution in [0.2, 0.25) is 0 Å². The highest BCUT2D eigenvalue weighted by Gasteiger charge is 2.19. The zero-order valence-corrected chi connectivity index (χ0v) is 15.9. The number of hydrogen-bond acceptors (Lipinski definition) is 5. The van der Waals surface area contributed by atoms with Crippen LogP contribution in [-0.2, 0) is 11.3 Å². The summed E-state index contributed by atoms with van der Waals surface area (Å²) in [7, 11) is 0. The number of nitrogens with zero attached hydrogens (tertiary/aromatic N) is 2. The highest BCUT2D eigenvalue weighted by molar-refractivity contribution is 7.20. The molecule has 0 saturated carbocycles. The molecule has 0 aliphatic carbocycles. The second kappa shape index (κ2) is 8.13. The monoisotopic (exact) mass is 384 g/mol. The number of rotatable bonds is 6. The van der Waals surface area contributed by atoms with Gasteiger partial charge in [-0.15, -0.1) is 11.3 Å². The highest BCUT2D eigenvalue weighted by Crippen LogP contribution is 2.26. The van der Waals surface area contributed by atoms with E-state index in [0.717, 1.165) is 5.56 Å². The highest BCUT2D eigenvalue weighted by atomic mass is 32.1. The molecule has 2 amide bonds. The lowest BCUT2D eigenvalue weighted by Crippen LogP contribution is -2.33. The number of hydrogen-bond donors (Lipinski definition) is 2. The molecule has 2 aromatic heterocycles. The lowest BCUT2D eigenvalue weighted by molar-refractivity contribution is -0.118. The minimum absolute atomic E-state index is 0.148. The first-order chi connectivity index (χ1) is 13.0. The molecule has 0 unspecified atom stereocenters. The maximum Gasteiger partial charge on any atom is 0.262 e. The van der Waals surface area contributed by atoms with Crippen LogP contribution in [0.1, 0.15) is 27.7 Å². The Morgan fingerprint density at radius 1 is 1.15 bits per heavy atom. The molecule has 3 rings (SSSR count). The van der Waals surface area contributed by atoms with E-state index in [4.69, 9.17) is 0 Å². The van der Waals surface area contributed by atoms with Gasteiger partial charge in [0.2, 0.25) is 5.91 Å². The first-order valence-electron chi connectivity index (χ1n) is 8.52. The summed E-state index contributed by atoms with van der Waals surface area (Å²) in [6, 6.07) is 9.67. The van der Waals surface area contributed by atoms with Crippen LogP contribution in [0.15, 0.2) is 41.5 Å². The minimum atomic E-state index is -0.269. The third kappa shape index (κ3) is 4.22. The largest absolute Gasteiger partial charge is 0.355 e. The van der Waals surface area contributed by atoms with Crippen LogP contribution in [0.25, 0.3) is 10.2 Å². The molecular formula is C19H20N4O3S. The summed E-state index contributed by atoms with van der Waals surface area (Å²) in [4.78, 5) is 41.5. The molecule has 2 N–H and O–H groups in total. The van der Waals surface area contributed by atoms with Gasteiger partial charge in [0.25, 0.3) is 11.5 Å². The first kappa shape index (κ1) is 18.8. The number of thiophene rings is 1. The molecule has 2 heterocycles. The molecule has 0 saturated heterocycles. The summed E-state index contributed by atoms with van der Waals surface area (Å²) in [5.41, 5.74) is 1.48. The summed E-state index contributed by atoms with van der Waals surface area (Å²) < 4.78 is 1.55. The van der Waals surface area contributed by atoms with Gasteiger partial charge in [-0.3, -0.25) is 19.0 Å². The van der Waals surface area contributed by atoms with Crippen molar-refractivity contribution < 1.29 is 9.59 Å². The molecule has 3 aromatic rings. The van der Waals surface area contributed by atoms with E-state index in [-0.39, 0.29) is 17.4 Å². The fourth-order valence-corrected chi connectivity index (χ4v) is 3.82. The van der Waals surface area contributed by atoms with Crippen LogP contribution in [0.4, 0.5) is 0 Å². The van der Waals surface area contributed by atoms with Crippen LogP contribution < -0.4 is 16.2 Å². The number of fused-ring (bicyclic) bond motifs is 1. The van der Waals surface area contributed by atoms with Crippen molar-refractivity contribution in [3.63, 3.8) is 0 Å². The molecule has 0 aliphatic rings. The standard InChI is InChI=1S/C19H20N4O3S/c1-12-15-18(27-16(12)17(25)21-9-8-20-13(2)24)22-11-23(19(15)26)10-14-6-4-3-5-7-14/h3-7,11H,8-10H2,1-2H3,(H,20,24)(H,21,25). The molecule has 8 heteroatoms. The van der Waals surface area contributed by atoms with Crippen molar-refractivity contribution in [2.24, 2.45) is 0 Å². The van der Waals surface area contributed by atoms with Crippen LogP contribution >= 0.6 is 11.3 Å². The molecule has 1 aromatic carbocycles. The maximum absolute atomic E-state index is 12.9. The quantitative estimate of drug-likeness (QED) is 0.633. The van der Waals surface area contributed by atoms with Crippen LogP contribution in [-0.4, -0.2) is 34.5 Å². The van der Waals surface area contributed by atoms with Crippen molar-refractivity contribution in [2.75, 3.05) is 13.1 Å². The Hall–Kier alpha value is -3.00. The third-order valence-electron chi connectivity index (χ3n) is 4.10. The normalized spacial score (nSPS) is 10.7. The van der Waals surface area contributed by atoms with Crippen molar-refractivity contribution in [2.45, 2.75) is 20.4 Å². The molecule has 0 bridgehead atoms. The third-order valence-corrected chi connectivity index (χ3v) is 5.30. The number of carbonyl (C=O) groups is 2. The van der Waals surface area contributed by atoms with E-state index < -0.39 is 0 Å². The van der Waals surface area contributed by atoms with Gasteiger partial charge in [-0.1, -0.05) is 30.3 Å². The zero-order chi connectivity index (χ0) is 19.4. The van der Waals surface area contributed by atoms with Gasteiger partial charge in [-0.2, -0.15) is 0 Å². The Bertz CT molecular complexity index is 1040. The van der Waals surface area contributed by atoms with Crippen molar-refractivity contribution in [3.05, 3.63) is 63.0 Å². The van der Waals surface area contributed by atoms with Crippen LogP contribution in [0.3, 0.4) is 0 Å². The van der Waals surface area contributed by atoms with E-state index in [1.54, 1.807) is 11.5 Å². The lowest BCUT2D eigenvalue weighted by Gasteiger charge is -2.06. The Morgan fingerprint density at radius 3 is 2.56 bits per heavy atom. The van der Waals surface area contributed by atoms with Gasteiger partial charge >= 0.3 is 0 Å². The molecule has 0 radical (unpaired) electrons. The van der Waals surface area contributed by atoms with Gasteiger partial charge in [-0.05, 0) is 18.1 Å². The van der Waals surface area contributed by atoms with Gasteiger partial charge in [0.1, 0.15) is 4.83 Å². The SMILES string of the molecule is CC(=O)NCCNC(=O)c1sc2ncn(Cc3ccccc3)c(=O)c2c1C. The molecule has 0 atom stereocenters. The molecule has 0 aliphatic heterocycles. The number of benzene rings is 1. The Morgan fingerprint density at radius 2 is 1.85 bits per heavy atom. The number of aromatic nitrogens is 2. The Kier molecular flexibility index (Phi) is 5.66. The summed E-state index contributed by atoms with van der Waals surface area (Å²) in [6.07, 6.45) is 1.52. The van der Waals surface area contributed by atoms with Crippen LogP contribution in [0.5, 0.6) is 0 Å². The van der Waals surface area contributed by atoms with E-state index >= 15 is 0 Å². The van der Waals surface area contributed by atoms with Gasteiger partial charge in [0.05, 0.1) is 23.1 Å². The molecule has 140 valence electrons. The lowest BCUT2D eigenvalue weighted by atomic mass is 10.2. The fourth-order valence-electron chi connectivity index (χ4n) is 2.76. The zero-order valence-electron chi connectivity index (χ0n) is 15.1.